The summed E-state index contributed by atoms with van der Waals surface area (Å²) in [5, 5.41) is 0.996. The third kappa shape index (κ3) is 4.94. The molecule has 0 N–H and O–H groups in total. The standard InChI is InChI=1S/C20H26Cl2N2O3.ClH/c21-17-4-3-15(11-18(17)22)12-19(25)24-8-5-20(26-9-10-27-20)13-16(24)14-23-6-1-2-7-23;/h3-4,11,16H,1-2,5-10,12-14H2;1H. The van der Waals surface area contributed by atoms with Crippen LogP contribution in [0.5, 0.6) is 0 Å². The van der Waals surface area contributed by atoms with E-state index < -0.39 is 5.79 Å². The Hall–Kier alpha value is -0.560. The molecule has 1 aromatic rings. The van der Waals surface area contributed by atoms with E-state index in [4.69, 9.17) is 32.7 Å². The molecule has 4 rings (SSSR count). The fourth-order valence-electron chi connectivity index (χ4n) is 4.48. The summed E-state index contributed by atoms with van der Waals surface area (Å²) in [4.78, 5) is 17.6. The minimum atomic E-state index is -0.495. The molecule has 0 radical (unpaired) electrons. The van der Waals surface area contributed by atoms with Crippen LogP contribution in [0.15, 0.2) is 18.2 Å². The normalized spacial score (nSPS) is 24.5. The molecule has 156 valence electrons. The molecule has 0 aliphatic carbocycles. The van der Waals surface area contributed by atoms with Crippen molar-refractivity contribution in [3.05, 3.63) is 33.8 Å². The van der Waals surface area contributed by atoms with Gasteiger partial charge in [0.15, 0.2) is 5.79 Å². The lowest BCUT2D eigenvalue weighted by molar-refractivity contribution is -0.199. The Morgan fingerprint density at radius 1 is 1.11 bits per heavy atom. The maximum atomic E-state index is 13.1. The summed E-state index contributed by atoms with van der Waals surface area (Å²) < 4.78 is 11.9. The van der Waals surface area contributed by atoms with Crippen LogP contribution in [-0.4, -0.2) is 66.9 Å². The highest BCUT2D eigenvalue weighted by Gasteiger charge is 2.45. The van der Waals surface area contributed by atoms with Crippen molar-refractivity contribution in [1.29, 1.82) is 0 Å². The fourth-order valence-corrected chi connectivity index (χ4v) is 4.80. The van der Waals surface area contributed by atoms with Gasteiger partial charge in [0.1, 0.15) is 0 Å². The zero-order valence-electron chi connectivity index (χ0n) is 15.9. The molecule has 28 heavy (non-hydrogen) atoms. The van der Waals surface area contributed by atoms with Crippen molar-refractivity contribution in [3.8, 4) is 0 Å². The summed E-state index contributed by atoms with van der Waals surface area (Å²) in [6, 6.07) is 5.52. The number of hydrogen-bond acceptors (Lipinski definition) is 4. The number of carbonyl (C=O) groups is 1. The first-order chi connectivity index (χ1) is 13.0. The van der Waals surface area contributed by atoms with E-state index in [9.17, 15) is 4.79 Å². The van der Waals surface area contributed by atoms with Crippen LogP contribution in [0.1, 0.15) is 31.2 Å². The SMILES string of the molecule is Cl.O=C(Cc1ccc(Cl)c(Cl)c1)N1CCC2(CC1CN1CCCC1)OCCO2. The average Bonchev–Trinajstić information content (AvgIpc) is 3.31. The van der Waals surface area contributed by atoms with Crippen LogP contribution in [0.2, 0.25) is 10.0 Å². The molecular weight excluding hydrogens is 423 g/mol. The molecule has 3 aliphatic heterocycles. The zero-order chi connectivity index (χ0) is 18.9. The lowest BCUT2D eigenvalue weighted by Gasteiger charge is -2.44. The van der Waals surface area contributed by atoms with Gasteiger partial charge in [0, 0.05) is 32.0 Å². The van der Waals surface area contributed by atoms with Gasteiger partial charge in [0.2, 0.25) is 5.91 Å². The second kappa shape index (κ2) is 9.50. The van der Waals surface area contributed by atoms with Gasteiger partial charge in [-0.15, -0.1) is 12.4 Å². The molecule has 3 saturated heterocycles. The fraction of sp³-hybridized carbons (Fsp3) is 0.650. The summed E-state index contributed by atoms with van der Waals surface area (Å²) in [6.45, 7) is 5.07. The number of benzene rings is 1. The number of halogens is 3. The molecule has 5 nitrogen and oxygen atoms in total. The van der Waals surface area contributed by atoms with Gasteiger partial charge < -0.3 is 19.3 Å². The Balaban J connectivity index is 0.00000225. The summed E-state index contributed by atoms with van der Waals surface area (Å²) in [6.07, 6.45) is 4.29. The summed E-state index contributed by atoms with van der Waals surface area (Å²) in [5.41, 5.74) is 0.892. The van der Waals surface area contributed by atoms with Crippen molar-refractivity contribution in [1.82, 2.24) is 9.80 Å². The average molecular weight is 450 g/mol. The molecule has 0 bridgehead atoms. The minimum Gasteiger partial charge on any atom is -0.347 e. The van der Waals surface area contributed by atoms with Gasteiger partial charge in [-0.25, -0.2) is 0 Å². The largest absolute Gasteiger partial charge is 0.347 e. The van der Waals surface area contributed by atoms with Gasteiger partial charge in [-0.05, 0) is 43.6 Å². The first kappa shape index (κ1) is 22.1. The van der Waals surface area contributed by atoms with E-state index in [0.29, 0.717) is 36.2 Å². The number of piperidine rings is 1. The highest BCUT2D eigenvalue weighted by atomic mass is 35.5. The van der Waals surface area contributed by atoms with Crippen LogP contribution in [0, 0.1) is 0 Å². The minimum absolute atomic E-state index is 0. The molecule has 0 saturated carbocycles. The van der Waals surface area contributed by atoms with E-state index in [1.165, 1.54) is 12.8 Å². The number of amides is 1. The lowest BCUT2D eigenvalue weighted by atomic mass is 9.94. The Kier molecular flexibility index (Phi) is 7.51. The maximum Gasteiger partial charge on any atom is 0.227 e. The quantitative estimate of drug-likeness (QED) is 0.701. The Morgan fingerprint density at radius 3 is 2.50 bits per heavy atom. The molecule has 8 heteroatoms. The first-order valence-corrected chi connectivity index (χ1v) is 10.5. The van der Waals surface area contributed by atoms with E-state index in [-0.39, 0.29) is 24.4 Å². The van der Waals surface area contributed by atoms with E-state index in [1.54, 1.807) is 12.1 Å². The van der Waals surface area contributed by atoms with Crippen molar-refractivity contribution in [2.75, 3.05) is 39.4 Å². The Morgan fingerprint density at radius 2 is 1.82 bits per heavy atom. The Bertz CT molecular complexity index is 691. The molecule has 1 spiro atoms. The summed E-state index contributed by atoms with van der Waals surface area (Å²) in [7, 11) is 0. The van der Waals surface area contributed by atoms with E-state index in [1.807, 2.05) is 11.0 Å². The van der Waals surface area contributed by atoms with Gasteiger partial charge in [0.05, 0.1) is 29.7 Å². The summed E-state index contributed by atoms with van der Waals surface area (Å²) >= 11 is 12.1. The smallest absolute Gasteiger partial charge is 0.227 e. The van der Waals surface area contributed by atoms with Crippen molar-refractivity contribution < 1.29 is 14.3 Å². The molecule has 3 fully saturated rings. The number of nitrogens with zero attached hydrogens (tertiary/aromatic N) is 2. The molecule has 1 atom stereocenters. The van der Waals surface area contributed by atoms with E-state index in [0.717, 1.165) is 38.0 Å². The lowest BCUT2D eigenvalue weighted by Crippen LogP contribution is -2.56. The number of likely N-dealkylation sites (tertiary alicyclic amines) is 2. The van der Waals surface area contributed by atoms with E-state index >= 15 is 0 Å². The third-order valence-electron chi connectivity index (χ3n) is 5.86. The van der Waals surface area contributed by atoms with Gasteiger partial charge in [0.25, 0.3) is 0 Å². The number of ether oxygens (including phenoxy) is 2. The maximum absolute atomic E-state index is 13.1. The van der Waals surface area contributed by atoms with Crippen LogP contribution in [0.25, 0.3) is 0 Å². The first-order valence-electron chi connectivity index (χ1n) is 9.78. The Labute approximate surface area is 182 Å². The van der Waals surface area contributed by atoms with Crippen LogP contribution in [0.4, 0.5) is 0 Å². The van der Waals surface area contributed by atoms with Crippen molar-refractivity contribution in [2.24, 2.45) is 0 Å². The number of carbonyl (C=O) groups excluding carboxylic acids is 1. The molecular formula is C20H27Cl3N2O3. The van der Waals surface area contributed by atoms with Crippen LogP contribution in [0.3, 0.4) is 0 Å². The van der Waals surface area contributed by atoms with Crippen LogP contribution >= 0.6 is 35.6 Å². The number of hydrogen-bond donors (Lipinski definition) is 0. The topological polar surface area (TPSA) is 42.0 Å². The second-order valence-corrected chi connectivity index (χ2v) is 8.55. The van der Waals surface area contributed by atoms with Gasteiger partial charge in [-0.2, -0.15) is 0 Å². The molecule has 1 amide bonds. The molecule has 0 aromatic heterocycles. The predicted octanol–water partition coefficient (Wildman–Crippen LogP) is 3.79. The highest BCUT2D eigenvalue weighted by molar-refractivity contribution is 6.42. The van der Waals surface area contributed by atoms with Crippen molar-refractivity contribution in [3.63, 3.8) is 0 Å². The molecule has 1 aromatic carbocycles. The van der Waals surface area contributed by atoms with Crippen LogP contribution < -0.4 is 0 Å². The predicted molar refractivity (Wildman–Crippen MR) is 112 cm³/mol. The van der Waals surface area contributed by atoms with Gasteiger partial charge in [-0.1, -0.05) is 29.3 Å². The summed E-state index contributed by atoms with van der Waals surface area (Å²) in [5.74, 6) is -0.365. The highest BCUT2D eigenvalue weighted by Crippen LogP contribution is 2.35. The molecule has 3 heterocycles. The van der Waals surface area contributed by atoms with Gasteiger partial charge >= 0.3 is 0 Å². The monoisotopic (exact) mass is 448 g/mol. The molecule has 3 aliphatic rings. The molecule has 1 unspecified atom stereocenters. The van der Waals surface area contributed by atoms with Crippen molar-refractivity contribution in [2.45, 2.75) is 43.9 Å². The van der Waals surface area contributed by atoms with E-state index in [2.05, 4.69) is 4.90 Å². The zero-order valence-corrected chi connectivity index (χ0v) is 18.2. The van der Waals surface area contributed by atoms with Crippen LogP contribution in [-0.2, 0) is 20.7 Å². The second-order valence-electron chi connectivity index (χ2n) is 7.74. The third-order valence-corrected chi connectivity index (χ3v) is 6.60. The van der Waals surface area contributed by atoms with Gasteiger partial charge in [-0.3, -0.25) is 4.79 Å². The number of rotatable bonds is 4. The van der Waals surface area contributed by atoms with Crippen molar-refractivity contribution >= 4 is 41.5 Å².